The zero-order chi connectivity index (χ0) is 17.2. The molecule has 0 N–H and O–H groups in total. The standard InChI is InChI=1S/C18H21NO4S/c1-14-12-19(13-15(2)22-14)24(20,21)18-10-8-17(9-11-18)23-16-6-4-3-5-7-16/h3-11,14-15H,12-13H2,1-2H3/t14-,15+. The van der Waals surface area contributed by atoms with Crippen molar-refractivity contribution in [1.29, 1.82) is 0 Å². The molecule has 0 bridgehead atoms. The van der Waals surface area contributed by atoms with Gasteiger partial charge in [0, 0.05) is 13.1 Å². The van der Waals surface area contributed by atoms with E-state index in [1.165, 1.54) is 4.31 Å². The first kappa shape index (κ1) is 17.0. The Morgan fingerprint density at radius 1 is 0.917 bits per heavy atom. The summed E-state index contributed by atoms with van der Waals surface area (Å²) in [4.78, 5) is 0.268. The summed E-state index contributed by atoms with van der Waals surface area (Å²) < 4.78 is 38.3. The molecule has 1 aliphatic rings. The topological polar surface area (TPSA) is 55.8 Å². The monoisotopic (exact) mass is 347 g/mol. The van der Waals surface area contributed by atoms with Crippen LogP contribution in [0.4, 0.5) is 0 Å². The van der Waals surface area contributed by atoms with Gasteiger partial charge in [0.05, 0.1) is 17.1 Å². The Hall–Kier alpha value is -1.89. The first-order valence-electron chi connectivity index (χ1n) is 7.94. The van der Waals surface area contributed by atoms with Crippen LogP contribution < -0.4 is 4.74 Å². The predicted octanol–water partition coefficient (Wildman–Crippen LogP) is 3.28. The van der Waals surface area contributed by atoms with Crippen LogP contribution >= 0.6 is 0 Å². The molecule has 5 nitrogen and oxygen atoms in total. The van der Waals surface area contributed by atoms with Gasteiger partial charge in [-0.25, -0.2) is 8.42 Å². The summed E-state index contributed by atoms with van der Waals surface area (Å²) in [5.74, 6) is 1.31. The number of hydrogen-bond acceptors (Lipinski definition) is 4. The lowest BCUT2D eigenvalue weighted by atomic mass is 10.3. The lowest BCUT2D eigenvalue weighted by Crippen LogP contribution is -2.48. The molecule has 3 rings (SSSR count). The summed E-state index contributed by atoms with van der Waals surface area (Å²) in [5, 5.41) is 0. The van der Waals surface area contributed by atoms with Gasteiger partial charge < -0.3 is 9.47 Å². The highest BCUT2D eigenvalue weighted by molar-refractivity contribution is 7.89. The quantitative estimate of drug-likeness (QED) is 0.852. The lowest BCUT2D eigenvalue weighted by Gasteiger charge is -2.34. The fourth-order valence-corrected chi connectivity index (χ4v) is 4.37. The van der Waals surface area contributed by atoms with Crippen molar-refractivity contribution >= 4 is 10.0 Å². The van der Waals surface area contributed by atoms with Gasteiger partial charge in [-0.15, -0.1) is 0 Å². The molecule has 128 valence electrons. The van der Waals surface area contributed by atoms with Gasteiger partial charge in [-0.05, 0) is 50.2 Å². The van der Waals surface area contributed by atoms with Crippen LogP contribution in [0.2, 0.25) is 0 Å². The third-order valence-electron chi connectivity index (χ3n) is 3.83. The fourth-order valence-electron chi connectivity index (χ4n) is 2.78. The first-order valence-corrected chi connectivity index (χ1v) is 9.38. The minimum absolute atomic E-state index is 0.107. The van der Waals surface area contributed by atoms with Gasteiger partial charge in [0.15, 0.2) is 0 Å². The molecular formula is C18H21NO4S. The van der Waals surface area contributed by atoms with E-state index in [4.69, 9.17) is 9.47 Å². The SMILES string of the molecule is C[C@@H]1CN(S(=O)(=O)c2ccc(Oc3ccccc3)cc2)C[C@H](C)O1. The Morgan fingerprint density at radius 2 is 1.46 bits per heavy atom. The Bertz CT molecular complexity index is 764. The van der Waals surface area contributed by atoms with Crippen LogP contribution in [-0.4, -0.2) is 38.0 Å². The Kier molecular flexibility index (Phi) is 4.89. The van der Waals surface area contributed by atoms with Gasteiger partial charge in [0.25, 0.3) is 0 Å². The number of benzene rings is 2. The molecule has 1 fully saturated rings. The van der Waals surface area contributed by atoms with Gasteiger partial charge in [0.2, 0.25) is 10.0 Å². The van der Waals surface area contributed by atoms with E-state index in [1.54, 1.807) is 24.3 Å². The van der Waals surface area contributed by atoms with E-state index in [1.807, 2.05) is 44.2 Å². The normalized spacial score (nSPS) is 22.2. The molecule has 0 aliphatic carbocycles. The molecule has 0 spiro atoms. The minimum atomic E-state index is -3.52. The lowest BCUT2D eigenvalue weighted by molar-refractivity contribution is -0.0440. The second kappa shape index (κ2) is 6.93. The van der Waals surface area contributed by atoms with Gasteiger partial charge in [0.1, 0.15) is 11.5 Å². The molecule has 0 amide bonds. The molecule has 0 unspecified atom stereocenters. The molecule has 0 aromatic heterocycles. The van der Waals surface area contributed by atoms with Crippen LogP contribution in [-0.2, 0) is 14.8 Å². The van der Waals surface area contributed by atoms with Crippen molar-refractivity contribution in [2.45, 2.75) is 31.0 Å². The average Bonchev–Trinajstić information content (AvgIpc) is 2.55. The highest BCUT2D eigenvalue weighted by Gasteiger charge is 2.32. The predicted molar refractivity (Wildman–Crippen MR) is 91.7 cm³/mol. The smallest absolute Gasteiger partial charge is 0.243 e. The van der Waals surface area contributed by atoms with Crippen LogP contribution in [0.3, 0.4) is 0 Å². The van der Waals surface area contributed by atoms with Crippen molar-refractivity contribution in [3.05, 3.63) is 54.6 Å². The van der Waals surface area contributed by atoms with Gasteiger partial charge in [-0.1, -0.05) is 18.2 Å². The molecular weight excluding hydrogens is 326 g/mol. The summed E-state index contributed by atoms with van der Waals surface area (Å²) in [6.45, 7) is 4.51. The van der Waals surface area contributed by atoms with E-state index < -0.39 is 10.0 Å². The second-order valence-electron chi connectivity index (χ2n) is 5.97. The van der Waals surface area contributed by atoms with Crippen LogP contribution in [0, 0.1) is 0 Å². The van der Waals surface area contributed by atoms with Crippen molar-refractivity contribution in [2.24, 2.45) is 0 Å². The summed E-state index contributed by atoms with van der Waals surface area (Å²) in [6, 6.07) is 15.9. The summed E-state index contributed by atoms with van der Waals surface area (Å²) in [5.41, 5.74) is 0. The Labute approximate surface area is 142 Å². The highest BCUT2D eigenvalue weighted by atomic mass is 32.2. The highest BCUT2D eigenvalue weighted by Crippen LogP contribution is 2.25. The van der Waals surface area contributed by atoms with Gasteiger partial charge >= 0.3 is 0 Å². The maximum atomic E-state index is 12.8. The van der Waals surface area contributed by atoms with E-state index in [9.17, 15) is 8.42 Å². The number of sulfonamides is 1. The molecule has 1 saturated heterocycles. The van der Waals surface area contributed by atoms with Gasteiger partial charge in [-0.3, -0.25) is 0 Å². The molecule has 2 aromatic carbocycles. The summed E-state index contributed by atoms with van der Waals surface area (Å²) in [7, 11) is -3.52. The molecule has 0 radical (unpaired) electrons. The third-order valence-corrected chi connectivity index (χ3v) is 5.67. The number of ether oxygens (including phenoxy) is 2. The number of rotatable bonds is 4. The van der Waals surface area contributed by atoms with Crippen molar-refractivity contribution in [1.82, 2.24) is 4.31 Å². The third kappa shape index (κ3) is 3.77. The van der Waals surface area contributed by atoms with Gasteiger partial charge in [-0.2, -0.15) is 4.31 Å². The van der Waals surface area contributed by atoms with E-state index >= 15 is 0 Å². The zero-order valence-electron chi connectivity index (χ0n) is 13.8. The molecule has 2 aromatic rings. The fraction of sp³-hybridized carbons (Fsp3) is 0.333. The number of hydrogen-bond donors (Lipinski definition) is 0. The average molecular weight is 347 g/mol. The molecule has 2 atom stereocenters. The maximum Gasteiger partial charge on any atom is 0.243 e. The van der Waals surface area contributed by atoms with Crippen molar-refractivity contribution in [3.8, 4) is 11.5 Å². The summed E-state index contributed by atoms with van der Waals surface area (Å²) in [6.07, 6.45) is -0.214. The first-order chi connectivity index (χ1) is 11.4. The van der Waals surface area contributed by atoms with E-state index in [2.05, 4.69) is 0 Å². The van der Waals surface area contributed by atoms with Crippen molar-refractivity contribution in [3.63, 3.8) is 0 Å². The van der Waals surface area contributed by atoms with E-state index in [0.717, 1.165) is 0 Å². The zero-order valence-corrected chi connectivity index (χ0v) is 14.6. The summed E-state index contributed by atoms with van der Waals surface area (Å²) >= 11 is 0. The number of morpholine rings is 1. The van der Waals surface area contributed by atoms with Crippen molar-refractivity contribution < 1.29 is 17.9 Å². The number of nitrogens with zero attached hydrogens (tertiary/aromatic N) is 1. The van der Waals surface area contributed by atoms with E-state index in [0.29, 0.717) is 24.6 Å². The minimum Gasteiger partial charge on any atom is -0.457 e. The maximum absolute atomic E-state index is 12.8. The second-order valence-corrected chi connectivity index (χ2v) is 7.90. The molecule has 0 saturated carbocycles. The van der Waals surface area contributed by atoms with Crippen LogP contribution in [0.1, 0.15) is 13.8 Å². The molecule has 1 heterocycles. The Balaban J connectivity index is 1.77. The molecule has 24 heavy (non-hydrogen) atoms. The van der Waals surface area contributed by atoms with Crippen LogP contribution in [0.25, 0.3) is 0 Å². The molecule has 1 aliphatic heterocycles. The van der Waals surface area contributed by atoms with Crippen LogP contribution in [0.5, 0.6) is 11.5 Å². The molecule has 6 heteroatoms. The Morgan fingerprint density at radius 3 is 2.04 bits per heavy atom. The van der Waals surface area contributed by atoms with E-state index in [-0.39, 0.29) is 17.1 Å². The largest absolute Gasteiger partial charge is 0.457 e. The number of para-hydroxylation sites is 1. The van der Waals surface area contributed by atoms with Crippen molar-refractivity contribution in [2.75, 3.05) is 13.1 Å². The van der Waals surface area contributed by atoms with Crippen LogP contribution in [0.15, 0.2) is 59.5 Å².